The third kappa shape index (κ3) is 4.09. The number of carboxylic acids is 1. The molecule has 6 heteroatoms. The fraction of sp³-hybridized carbons (Fsp3) is 0.533. The summed E-state index contributed by atoms with van der Waals surface area (Å²) < 4.78 is 10.8. The Morgan fingerprint density at radius 3 is 3.00 bits per heavy atom. The standard InChI is InChI=1S/C15H21NO5/c1-2-20-13-8-10(5-6-12(13)17)14(15(18)19)16-9-11-4-3-7-21-11/h5-6,8,11,14,16-17H,2-4,7,9H2,1H3,(H,18,19). The van der Waals surface area contributed by atoms with E-state index >= 15 is 0 Å². The normalized spacial score (nSPS) is 19.4. The first-order valence-corrected chi connectivity index (χ1v) is 7.15. The van der Waals surface area contributed by atoms with Crippen LogP contribution in [-0.4, -0.2) is 42.0 Å². The summed E-state index contributed by atoms with van der Waals surface area (Å²) in [7, 11) is 0. The minimum absolute atomic E-state index is 0.00358. The summed E-state index contributed by atoms with van der Waals surface area (Å²) in [6.45, 7) is 3.42. The van der Waals surface area contributed by atoms with E-state index in [1.807, 2.05) is 0 Å². The van der Waals surface area contributed by atoms with E-state index in [4.69, 9.17) is 9.47 Å². The number of aromatic hydroxyl groups is 1. The van der Waals surface area contributed by atoms with Crippen LogP contribution in [0.1, 0.15) is 31.4 Å². The molecule has 0 aliphatic carbocycles. The van der Waals surface area contributed by atoms with Crippen molar-refractivity contribution in [3.8, 4) is 11.5 Å². The van der Waals surface area contributed by atoms with E-state index in [9.17, 15) is 15.0 Å². The van der Waals surface area contributed by atoms with Gasteiger partial charge in [-0.2, -0.15) is 0 Å². The van der Waals surface area contributed by atoms with Gasteiger partial charge in [0.2, 0.25) is 0 Å². The van der Waals surface area contributed by atoms with Gasteiger partial charge < -0.3 is 19.7 Å². The van der Waals surface area contributed by atoms with Crippen LogP contribution >= 0.6 is 0 Å². The Balaban J connectivity index is 2.09. The van der Waals surface area contributed by atoms with E-state index in [-0.39, 0.29) is 11.9 Å². The van der Waals surface area contributed by atoms with Gasteiger partial charge in [-0.1, -0.05) is 6.07 Å². The molecule has 1 aliphatic rings. The highest BCUT2D eigenvalue weighted by atomic mass is 16.5. The number of aliphatic carboxylic acids is 1. The van der Waals surface area contributed by atoms with Crippen LogP contribution in [0.4, 0.5) is 0 Å². The molecule has 3 N–H and O–H groups in total. The van der Waals surface area contributed by atoms with Crippen molar-refractivity contribution in [2.24, 2.45) is 0 Å². The molecule has 6 nitrogen and oxygen atoms in total. The largest absolute Gasteiger partial charge is 0.504 e. The van der Waals surface area contributed by atoms with E-state index in [0.29, 0.717) is 24.5 Å². The third-order valence-corrected chi connectivity index (χ3v) is 3.44. The summed E-state index contributed by atoms with van der Waals surface area (Å²) in [5, 5.41) is 22.1. The number of nitrogens with one attached hydrogen (secondary N) is 1. The second-order valence-electron chi connectivity index (χ2n) is 4.97. The van der Waals surface area contributed by atoms with Gasteiger partial charge in [0.1, 0.15) is 6.04 Å². The molecule has 0 amide bonds. The Hall–Kier alpha value is -1.79. The van der Waals surface area contributed by atoms with Gasteiger partial charge in [0.05, 0.1) is 12.7 Å². The van der Waals surface area contributed by atoms with Gasteiger partial charge in [-0.15, -0.1) is 0 Å². The molecule has 1 saturated heterocycles. The molecule has 2 unspecified atom stereocenters. The third-order valence-electron chi connectivity index (χ3n) is 3.44. The van der Waals surface area contributed by atoms with Crippen LogP contribution in [0, 0.1) is 0 Å². The van der Waals surface area contributed by atoms with Crippen LogP contribution in [0.2, 0.25) is 0 Å². The molecular weight excluding hydrogens is 274 g/mol. The number of ether oxygens (including phenoxy) is 2. The lowest BCUT2D eigenvalue weighted by atomic mass is 10.1. The van der Waals surface area contributed by atoms with Gasteiger partial charge >= 0.3 is 5.97 Å². The highest BCUT2D eigenvalue weighted by molar-refractivity contribution is 5.76. The van der Waals surface area contributed by atoms with Crippen molar-refractivity contribution in [3.63, 3.8) is 0 Å². The van der Waals surface area contributed by atoms with Crippen LogP contribution in [0.5, 0.6) is 11.5 Å². The van der Waals surface area contributed by atoms with Crippen LogP contribution in [-0.2, 0) is 9.53 Å². The minimum Gasteiger partial charge on any atom is -0.504 e. The quantitative estimate of drug-likeness (QED) is 0.709. The lowest BCUT2D eigenvalue weighted by Gasteiger charge is -2.18. The second-order valence-corrected chi connectivity index (χ2v) is 4.97. The first kappa shape index (κ1) is 15.6. The maximum atomic E-state index is 11.5. The number of hydrogen-bond donors (Lipinski definition) is 3. The highest BCUT2D eigenvalue weighted by Gasteiger charge is 2.23. The zero-order valence-corrected chi connectivity index (χ0v) is 12.0. The number of hydrogen-bond acceptors (Lipinski definition) is 5. The van der Waals surface area contributed by atoms with Crippen LogP contribution < -0.4 is 10.1 Å². The number of phenolic OH excluding ortho intramolecular Hbond substituents is 1. The van der Waals surface area contributed by atoms with E-state index < -0.39 is 12.0 Å². The average Bonchev–Trinajstić information content (AvgIpc) is 2.95. The molecular formula is C15H21NO5. The molecule has 1 aromatic rings. The SMILES string of the molecule is CCOc1cc(C(NCC2CCCO2)C(=O)O)ccc1O. The summed E-state index contributed by atoms with van der Waals surface area (Å²) >= 11 is 0. The molecule has 0 spiro atoms. The molecule has 0 aromatic heterocycles. The van der Waals surface area contributed by atoms with Gasteiger partial charge in [-0.25, -0.2) is 0 Å². The predicted molar refractivity (Wildman–Crippen MR) is 76.6 cm³/mol. The topological polar surface area (TPSA) is 88.0 Å². The Bertz CT molecular complexity index is 485. The summed E-state index contributed by atoms with van der Waals surface area (Å²) in [6, 6.07) is 3.73. The van der Waals surface area contributed by atoms with Crippen molar-refractivity contribution in [1.82, 2.24) is 5.32 Å². The van der Waals surface area contributed by atoms with Crippen molar-refractivity contribution in [2.45, 2.75) is 31.9 Å². The van der Waals surface area contributed by atoms with Gasteiger partial charge in [0.15, 0.2) is 11.5 Å². The Kier molecular flexibility index (Phi) is 5.41. The highest BCUT2D eigenvalue weighted by Crippen LogP contribution is 2.29. The van der Waals surface area contributed by atoms with E-state index in [1.165, 1.54) is 6.07 Å². The second kappa shape index (κ2) is 7.28. The van der Waals surface area contributed by atoms with Gasteiger partial charge in [-0.3, -0.25) is 10.1 Å². The average molecular weight is 295 g/mol. The summed E-state index contributed by atoms with van der Waals surface area (Å²) in [4.78, 5) is 11.5. The summed E-state index contributed by atoms with van der Waals surface area (Å²) in [6.07, 6.45) is 2.02. The fourth-order valence-electron chi connectivity index (χ4n) is 2.38. The molecule has 1 aliphatic heterocycles. The molecule has 1 heterocycles. The van der Waals surface area contributed by atoms with Crippen molar-refractivity contribution in [3.05, 3.63) is 23.8 Å². The number of phenols is 1. The first-order valence-electron chi connectivity index (χ1n) is 7.15. The van der Waals surface area contributed by atoms with Crippen LogP contribution in [0.3, 0.4) is 0 Å². The van der Waals surface area contributed by atoms with E-state index in [1.54, 1.807) is 19.1 Å². The predicted octanol–water partition coefficient (Wildman–Crippen LogP) is 1.69. The maximum absolute atomic E-state index is 11.5. The molecule has 21 heavy (non-hydrogen) atoms. The van der Waals surface area contributed by atoms with Crippen molar-refractivity contribution in [2.75, 3.05) is 19.8 Å². The maximum Gasteiger partial charge on any atom is 0.325 e. The number of carboxylic acid groups (broad SMARTS) is 1. The summed E-state index contributed by atoms with van der Waals surface area (Å²) in [5.74, 6) is -0.676. The summed E-state index contributed by atoms with van der Waals surface area (Å²) in [5.41, 5.74) is 0.543. The fourth-order valence-corrected chi connectivity index (χ4v) is 2.38. The minimum atomic E-state index is -0.971. The Morgan fingerprint density at radius 2 is 2.38 bits per heavy atom. The van der Waals surface area contributed by atoms with Crippen molar-refractivity contribution < 1.29 is 24.5 Å². The molecule has 1 aromatic carbocycles. The zero-order valence-electron chi connectivity index (χ0n) is 12.0. The van der Waals surface area contributed by atoms with E-state index in [2.05, 4.69) is 5.32 Å². The number of rotatable bonds is 7. The number of carbonyl (C=O) groups is 1. The number of benzene rings is 1. The van der Waals surface area contributed by atoms with Gasteiger partial charge in [0, 0.05) is 13.2 Å². The molecule has 0 bridgehead atoms. The van der Waals surface area contributed by atoms with Crippen molar-refractivity contribution in [1.29, 1.82) is 0 Å². The molecule has 0 radical (unpaired) electrons. The first-order chi connectivity index (χ1) is 10.1. The van der Waals surface area contributed by atoms with Gasteiger partial charge in [0.25, 0.3) is 0 Å². The zero-order chi connectivity index (χ0) is 15.2. The lowest BCUT2D eigenvalue weighted by molar-refractivity contribution is -0.139. The van der Waals surface area contributed by atoms with Crippen molar-refractivity contribution >= 4 is 5.97 Å². The lowest BCUT2D eigenvalue weighted by Crippen LogP contribution is -2.34. The van der Waals surface area contributed by atoms with E-state index in [0.717, 1.165) is 19.4 Å². The van der Waals surface area contributed by atoms with Gasteiger partial charge in [-0.05, 0) is 37.5 Å². The Labute approximate surface area is 123 Å². The molecule has 2 rings (SSSR count). The Morgan fingerprint density at radius 1 is 1.57 bits per heavy atom. The van der Waals surface area contributed by atoms with Crippen LogP contribution in [0.25, 0.3) is 0 Å². The molecule has 116 valence electrons. The molecule has 1 fully saturated rings. The molecule has 2 atom stereocenters. The monoisotopic (exact) mass is 295 g/mol. The molecule has 0 saturated carbocycles. The smallest absolute Gasteiger partial charge is 0.325 e. The van der Waals surface area contributed by atoms with Crippen LogP contribution in [0.15, 0.2) is 18.2 Å².